The second-order valence-corrected chi connectivity index (χ2v) is 9.11. The quantitative estimate of drug-likeness (QED) is 0.0776. The molecule has 2 aromatic carbocycles. The molecule has 0 aliphatic heterocycles. The number of amidine groups is 1. The third-order valence-corrected chi connectivity index (χ3v) is 5.97. The minimum atomic E-state index is -1.33. The highest BCUT2D eigenvalue weighted by molar-refractivity contribution is 6.00. The number of ether oxygens (including phenoxy) is 4. The van der Waals surface area contributed by atoms with Crippen LogP contribution in [0.2, 0.25) is 0 Å². The van der Waals surface area contributed by atoms with Crippen LogP contribution >= 0.6 is 0 Å². The minimum absolute atomic E-state index is 0.0192. The maximum Gasteiger partial charge on any atom is 0.343 e. The third kappa shape index (κ3) is 10.7. The fourth-order valence-electron chi connectivity index (χ4n) is 3.90. The standard InChI is InChI=1S/C31H37N3O9/c1-5-40-26(35)16-17-34(25(31(39)42-7-3)19-27(36)41-6-2)29(37)20(4)18-21-8-10-23(11-9-21)30(38)43-24-14-12-22(13-15-24)28(32)33/h8-15,18,25H,5-7,16-17,19H2,1-4H3,(H3,32,33)/b20-18+/t25-/m0/s1. The van der Waals surface area contributed by atoms with E-state index in [0.717, 1.165) is 4.90 Å². The molecular weight excluding hydrogens is 558 g/mol. The summed E-state index contributed by atoms with van der Waals surface area (Å²) in [4.78, 5) is 64.5. The van der Waals surface area contributed by atoms with Crippen LogP contribution < -0.4 is 10.5 Å². The van der Waals surface area contributed by atoms with Gasteiger partial charge in [0.25, 0.3) is 0 Å². The normalized spacial score (nSPS) is 11.6. The van der Waals surface area contributed by atoms with Crippen molar-refractivity contribution in [3.05, 3.63) is 70.8 Å². The molecule has 0 heterocycles. The maximum absolute atomic E-state index is 13.6. The van der Waals surface area contributed by atoms with E-state index >= 15 is 0 Å². The summed E-state index contributed by atoms with van der Waals surface area (Å²) in [5.41, 5.74) is 6.95. The van der Waals surface area contributed by atoms with Crippen molar-refractivity contribution in [1.82, 2.24) is 4.90 Å². The Bertz CT molecular complexity index is 1340. The molecule has 3 N–H and O–H groups in total. The second-order valence-electron chi connectivity index (χ2n) is 9.11. The average Bonchev–Trinajstić information content (AvgIpc) is 2.97. The van der Waals surface area contributed by atoms with Crippen LogP contribution in [-0.4, -0.2) is 72.9 Å². The zero-order valence-corrected chi connectivity index (χ0v) is 24.7. The van der Waals surface area contributed by atoms with Gasteiger partial charge in [0.15, 0.2) is 0 Å². The number of hydrogen-bond donors (Lipinski definition) is 2. The Hall–Kier alpha value is -5.00. The Morgan fingerprint density at radius 2 is 1.40 bits per heavy atom. The molecule has 43 heavy (non-hydrogen) atoms. The maximum atomic E-state index is 13.6. The number of carbonyl (C=O) groups is 5. The van der Waals surface area contributed by atoms with E-state index in [1.54, 1.807) is 51.1 Å². The van der Waals surface area contributed by atoms with Gasteiger partial charge in [-0.2, -0.15) is 0 Å². The van der Waals surface area contributed by atoms with Crippen LogP contribution in [-0.2, 0) is 33.4 Å². The van der Waals surface area contributed by atoms with Crippen LogP contribution in [0.15, 0.2) is 54.1 Å². The number of nitrogens with one attached hydrogen (secondary N) is 1. The zero-order valence-electron chi connectivity index (χ0n) is 24.7. The minimum Gasteiger partial charge on any atom is -0.466 e. The molecule has 2 rings (SSSR count). The number of esters is 4. The van der Waals surface area contributed by atoms with Gasteiger partial charge in [-0.25, -0.2) is 9.59 Å². The molecule has 0 bridgehead atoms. The first-order valence-electron chi connectivity index (χ1n) is 13.7. The number of benzene rings is 2. The van der Waals surface area contributed by atoms with E-state index in [1.807, 2.05) is 0 Å². The van der Waals surface area contributed by atoms with Crippen LogP contribution in [0.3, 0.4) is 0 Å². The molecular formula is C31H37N3O9. The SMILES string of the molecule is CCOC(=O)CCN(C(=O)/C(C)=C/c1ccc(C(=O)Oc2ccc(C(=N)N)cc2)cc1)[C@@H](CC(=O)OCC)C(=O)OCC. The summed E-state index contributed by atoms with van der Waals surface area (Å²) in [6.45, 7) is 6.43. The monoisotopic (exact) mass is 595 g/mol. The van der Waals surface area contributed by atoms with E-state index in [9.17, 15) is 24.0 Å². The van der Waals surface area contributed by atoms with Crippen molar-refractivity contribution in [2.24, 2.45) is 5.73 Å². The van der Waals surface area contributed by atoms with Crippen molar-refractivity contribution in [2.45, 2.75) is 46.6 Å². The van der Waals surface area contributed by atoms with Gasteiger partial charge in [-0.1, -0.05) is 12.1 Å². The molecule has 0 radical (unpaired) electrons. The number of rotatable bonds is 15. The molecule has 0 aliphatic rings. The molecule has 0 aliphatic carbocycles. The lowest BCUT2D eigenvalue weighted by atomic mass is 10.1. The van der Waals surface area contributed by atoms with Crippen LogP contribution in [0, 0.1) is 5.41 Å². The number of nitrogens with two attached hydrogens (primary N) is 1. The van der Waals surface area contributed by atoms with Crippen molar-refractivity contribution >= 4 is 41.7 Å². The second kappa shape index (κ2) is 17.1. The number of amides is 1. The Morgan fingerprint density at radius 1 is 0.837 bits per heavy atom. The van der Waals surface area contributed by atoms with Gasteiger partial charge in [-0.05, 0) is 75.7 Å². The molecule has 12 nitrogen and oxygen atoms in total. The summed E-state index contributed by atoms with van der Waals surface area (Å²) in [6.07, 6.45) is 0.880. The highest BCUT2D eigenvalue weighted by atomic mass is 16.5. The molecule has 1 atom stereocenters. The van der Waals surface area contributed by atoms with Gasteiger partial charge in [-0.15, -0.1) is 0 Å². The lowest BCUT2D eigenvalue weighted by molar-refractivity contribution is -0.159. The van der Waals surface area contributed by atoms with E-state index in [2.05, 4.69) is 0 Å². The third-order valence-electron chi connectivity index (χ3n) is 5.97. The van der Waals surface area contributed by atoms with E-state index in [-0.39, 0.29) is 55.5 Å². The van der Waals surface area contributed by atoms with Gasteiger partial charge < -0.3 is 29.6 Å². The molecule has 0 aromatic heterocycles. The Labute approximate surface area is 250 Å². The van der Waals surface area contributed by atoms with Crippen molar-refractivity contribution < 1.29 is 42.9 Å². The largest absolute Gasteiger partial charge is 0.466 e. The Kier molecular flexibility index (Phi) is 13.6. The van der Waals surface area contributed by atoms with E-state index in [1.165, 1.54) is 31.2 Å². The molecule has 0 fully saturated rings. The number of hydrogen-bond acceptors (Lipinski definition) is 10. The predicted molar refractivity (Wildman–Crippen MR) is 157 cm³/mol. The first kappa shape index (κ1) is 34.2. The Morgan fingerprint density at radius 3 is 1.95 bits per heavy atom. The van der Waals surface area contributed by atoms with E-state index < -0.39 is 42.2 Å². The predicted octanol–water partition coefficient (Wildman–Crippen LogP) is 3.26. The summed E-state index contributed by atoms with van der Waals surface area (Å²) in [7, 11) is 0. The summed E-state index contributed by atoms with van der Waals surface area (Å²) in [5.74, 6) is -3.12. The van der Waals surface area contributed by atoms with Gasteiger partial charge in [-0.3, -0.25) is 19.8 Å². The smallest absolute Gasteiger partial charge is 0.343 e. The molecule has 12 heteroatoms. The number of nitrogen functional groups attached to an aromatic ring is 1. The van der Waals surface area contributed by atoms with Crippen molar-refractivity contribution in [3.8, 4) is 5.75 Å². The van der Waals surface area contributed by atoms with Crippen molar-refractivity contribution in [3.63, 3.8) is 0 Å². The first-order chi connectivity index (χ1) is 20.5. The van der Waals surface area contributed by atoms with Gasteiger partial charge in [0.2, 0.25) is 5.91 Å². The van der Waals surface area contributed by atoms with Gasteiger partial charge in [0.05, 0.1) is 38.2 Å². The van der Waals surface area contributed by atoms with Gasteiger partial charge >= 0.3 is 23.9 Å². The lowest BCUT2D eigenvalue weighted by Gasteiger charge is -2.30. The van der Waals surface area contributed by atoms with Crippen molar-refractivity contribution in [1.29, 1.82) is 5.41 Å². The van der Waals surface area contributed by atoms with E-state index in [0.29, 0.717) is 11.1 Å². The topological polar surface area (TPSA) is 175 Å². The Balaban J connectivity index is 2.27. The number of carbonyl (C=O) groups excluding carboxylic acids is 5. The molecule has 0 saturated carbocycles. The summed E-state index contributed by atoms with van der Waals surface area (Å²) in [5, 5.41) is 7.44. The fraction of sp³-hybridized carbons (Fsp3) is 0.355. The van der Waals surface area contributed by atoms with Crippen LogP contribution in [0.25, 0.3) is 6.08 Å². The molecule has 0 spiro atoms. The van der Waals surface area contributed by atoms with Crippen molar-refractivity contribution in [2.75, 3.05) is 26.4 Å². The molecule has 0 unspecified atom stereocenters. The average molecular weight is 596 g/mol. The molecule has 0 saturated heterocycles. The molecule has 1 amide bonds. The summed E-state index contributed by atoms with van der Waals surface area (Å²) in [6, 6.07) is 11.1. The lowest BCUT2D eigenvalue weighted by Crippen LogP contribution is -2.48. The zero-order chi connectivity index (χ0) is 31.9. The first-order valence-corrected chi connectivity index (χ1v) is 13.7. The fourth-order valence-corrected chi connectivity index (χ4v) is 3.90. The van der Waals surface area contributed by atoms with Crippen LogP contribution in [0.1, 0.15) is 62.0 Å². The highest BCUT2D eigenvalue weighted by Gasteiger charge is 2.34. The molecule has 230 valence electrons. The van der Waals surface area contributed by atoms with Gasteiger partial charge in [0.1, 0.15) is 17.6 Å². The number of nitrogens with zero attached hydrogens (tertiary/aromatic N) is 1. The highest BCUT2D eigenvalue weighted by Crippen LogP contribution is 2.18. The van der Waals surface area contributed by atoms with Crippen LogP contribution in [0.4, 0.5) is 0 Å². The van der Waals surface area contributed by atoms with Gasteiger partial charge in [0, 0.05) is 17.7 Å². The summed E-state index contributed by atoms with van der Waals surface area (Å²) >= 11 is 0. The van der Waals surface area contributed by atoms with Crippen LogP contribution in [0.5, 0.6) is 5.75 Å². The summed E-state index contributed by atoms with van der Waals surface area (Å²) < 4.78 is 20.4. The van der Waals surface area contributed by atoms with E-state index in [4.69, 9.17) is 30.1 Å². The molecule has 2 aromatic rings.